The Bertz CT molecular complexity index is 284. The van der Waals surface area contributed by atoms with Crippen molar-refractivity contribution in [3.05, 3.63) is 0 Å². The van der Waals surface area contributed by atoms with Crippen LogP contribution in [0.4, 0.5) is 0 Å². The molecule has 0 aromatic carbocycles. The lowest BCUT2D eigenvalue weighted by molar-refractivity contribution is -0.125. The van der Waals surface area contributed by atoms with E-state index in [1.54, 1.807) is 0 Å². The third kappa shape index (κ3) is 13.8. The minimum absolute atomic E-state index is 0.337. The normalized spacial score (nSPS) is 13.8. The molecule has 0 bridgehead atoms. The van der Waals surface area contributed by atoms with Gasteiger partial charge in [-0.1, -0.05) is 84.0 Å². The minimum atomic E-state index is -0.565. The average molecular weight is 344 g/mol. The summed E-state index contributed by atoms with van der Waals surface area (Å²) in [4.78, 5) is 11.2. The smallest absolute Gasteiger partial charge is 0.223 e. The first-order valence-corrected chi connectivity index (χ1v) is 10.2. The van der Waals surface area contributed by atoms with Gasteiger partial charge in [0.1, 0.15) is 0 Å². The zero-order chi connectivity index (χ0) is 18.0. The maximum absolute atomic E-state index is 11.2. The van der Waals surface area contributed by atoms with Gasteiger partial charge in [-0.2, -0.15) is 0 Å². The van der Waals surface area contributed by atoms with Crippen LogP contribution in [0.3, 0.4) is 0 Å². The van der Waals surface area contributed by atoms with Gasteiger partial charge in [0.05, 0.1) is 12.0 Å². The van der Waals surface area contributed by atoms with Crippen molar-refractivity contribution in [2.24, 2.45) is 11.7 Å². The SMILES string of the molecule is CCC(C(N)=O)C(O)CCCCCCCCCCCCCCCO. The Morgan fingerprint density at radius 1 is 0.792 bits per heavy atom. The van der Waals surface area contributed by atoms with Crippen LogP contribution in [0, 0.1) is 5.92 Å². The number of aliphatic hydroxyl groups excluding tert-OH is 2. The number of unbranched alkanes of at least 4 members (excludes halogenated alkanes) is 12. The number of hydrogen-bond acceptors (Lipinski definition) is 3. The molecule has 0 spiro atoms. The second-order valence-electron chi connectivity index (χ2n) is 7.09. The summed E-state index contributed by atoms with van der Waals surface area (Å²) in [6, 6.07) is 0. The van der Waals surface area contributed by atoms with Crippen molar-refractivity contribution in [2.45, 2.75) is 109 Å². The third-order valence-electron chi connectivity index (χ3n) is 4.93. The van der Waals surface area contributed by atoms with E-state index in [1.165, 1.54) is 64.2 Å². The number of amides is 1. The lowest BCUT2D eigenvalue weighted by atomic mass is 9.94. The number of rotatable bonds is 18. The van der Waals surface area contributed by atoms with Gasteiger partial charge in [0.25, 0.3) is 0 Å². The Kier molecular flexibility index (Phi) is 16.8. The maximum Gasteiger partial charge on any atom is 0.223 e. The molecule has 4 nitrogen and oxygen atoms in total. The first-order valence-electron chi connectivity index (χ1n) is 10.2. The van der Waals surface area contributed by atoms with E-state index >= 15 is 0 Å². The lowest BCUT2D eigenvalue weighted by Gasteiger charge is -2.18. The monoisotopic (exact) mass is 343 g/mol. The quantitative estimate of drug-likeness (QED) is 0.324. The summed E-state index contributed by atoms with van der Waals surface area (Å²) in [7, 11) is 0. The fourth-order valence-corrected chi connectivity index (χ4v) is 3.27. The van der Waals surface area contributed by atoms with Crippen LogP contribution in [0.2, 0.25) is 0 Å². The van der Waals surface area contributed by atoms with Crippen LogP contribution in [0.1, 0.15) is 103 Å². The van der Waals surface area contributed by atoms with Crippen molar-refractivity contribution < 1.29 is 15.0 Å². The van der Waals surface area contributed by atoms with Crippen LogP contribution in [-0.2, 0) is 4.79 Å². The predicted octanol–water partition coefficient (Wildman–Crippen LogP) is 4.31. The summed E-state index contributed by atoms with van der Waals surface area (Å²) in [5.74, 6) is -0.757. The molecule has 1 amide bonds. The van der Waals surface area contributed by atoms with Gasteiger partial charge >= 0.3 is 0 Å². The van der Waals surface area contributed by atoms with E-state index in [-0.39, 0.29) is 11.8 Å². The second kappa shape index (κ2) is 17.2. The topological polar surface area (TPSA) is 83.6 Å². The third-order valence-corrected chi connectivity index (χ3v) is 4.93. The molecular formula is C20H41NO3. The number of hydrogen-bond donors (Lipinski definition) is 3. The largest absolute Gasteiger partial charge is 0.396 e. The van der Waals surface area contributed by atoms with Gasteiger partial charge in [-0.3, -0.25) is 4.79 Å². The zero-order valence-corrected chi connectivity index (χ0v) is 15.8. The van der Waals surface area contributed by atoms with Crippen molar-refractivity contribution >= 4 is 5.91 Å². The molecule has 0 aliphatic carbocycles. The van der Waals surface area contributed by atoms with Crippen LogP contribution in [0.15, 0.2) is 0 Å². The number of aliphatic hydroxyl groups is 2. The van der Waals surface area contributed by atoms with Gasteiger partial charge in [-0.25, -0.2) is 0 Å². The highest BCUT2D eigenvalue weighted by atomic mass is 16.3. The van der Waals surface area contributed by atoms with E-state index in [2.05, 4.69) is 0 Å². The molecule has 0 saturated carbocycles. The molecule has 4 heteroatoms. The van der Waals surface area contributed by atoms with Crippen molar-refractivity contribution in [1.29, 1.82) is 0 Å². The molecule has 144 valence electrons. The van der Waals surface area contributed by atoms with E-state index in [1.807, 2.05) is 6.92 Å². The highest BCUT2D eigenvalue weighted by Gasteiger charge is 2.21. The van der Waals surface area contributed by atoms with Crippen molar-refractivity contribution in [1.82, 2.24) is 0 Å². The van der Waals surface area contributed by atoms with Gasteiger partial charge in [0.2, 0.25) is 5.91 Å². The van der Waals surface area contributed by atoms with Crippen LogP contribution in [-0.4, -0.2) is 28.8 Å². The standard InChI is InChI=1S/C20H41NO3/c1-2-18(20(21)24)19(23)16-14-12-10-8-6-4-3-5-7-9-11-13-15-17-22/h18-19,22-23H,2-17H2,1H3,(H2,21,24). The van der Waals surface area contributed by atoms with Gasteiger partial charge in [-0.15, -0.1) is 0 Å². The Labute approximate surface area is 149 Å². The summed E-state index contributed by atoms with van der Waals surface area (Å²) >= 11 is 0. The Hall–Kier alpha value is -0.610. The molecule has 0 saturated heterocycles. The van der Waals surface area contributed by atoms with Crippen molar-refractivity contribution in [2.75, 3.05) is 6.61 Å². The molecule has 0 fully saturated rings. The predicted molar refractivity (Wildman–Crippen MR) is 101 cm³/mol. The summed E-state index contributed by atoms with van der Waals surface area (Å²) < 4.78 is 0. The molecule has 24 heavy (non-hydrogen) atoms. The molecular weight excluding hydrogens is 302 g/mol. The molecule has 0 aliphatic heterocycles. The molecule has 2 atom stereocenters. The molecule has 0 aromatic rings. The second-order valence-corrected chi connectivity index (χ2v) is 7.09. The lowest BCUT2D eigenvalue weighted by Crippen LogP contribution is -2.33. The number of carbonyl (C=O) groups is 1. The van der Waals surface area contributed by atoms with E-state index < -0.39 is 6.10 Å². The summed E-state index contributed by atoms with van der Waals surface area (Å²) in [5.41, 5.74) is 5.29. The number of primary amides is 1. The fraction of sp³-hybridized carbons (Fsp3) is 0.950. The van der Waals surface area contributed by atoms with E-state index in [0.717, 1.165) is 19.3 Å². The molecule has 0 rings (SSSR count). The summed E-state index contributed by atoms with van der Waals surface area (Å²) in [6.45, 7) is 2.23. The molecule has 2 unspecified atom stereocenters. The Morgan fingerprint density at radius 3 is 1.50 bits per heavy atom. The Morgan fingerprint density at radius 2 is 1.17 bits per heavy atom. The number of carbonyl (C=O) groups excluding carboxylic acids is 1. The zero-order valence-electron chi connectivity index (χ0n) is 15.8. The fourth-order valence-electron chi connectivity index (χ4n) is 3.27. The average Bonchev–Trinajstić information content (AvgIpc) is 2.55. The first-order chi connectivity index (χ1) is 11.6. The molecule has 0 aliphatic rings. The summed E-state index contributed by atoms with van der Waals surface area (Å²) in [6.07, 6.45) is 16.7. The molecule has 0 heterocycles. The Balaban J connectivity index is 3.27. The van der Waals surface area contributed by atoms with E-state index in [4.69, 9.17) is 10.8 Å². The van der Waals surface area contributed by atoms with Crippen LogP contribution < -0.4 is 5.73 Å². The highest BCUT2D eigenvalue weighted by Crippen LogP contribution is 2.17. The summed E-state index contributed by atoms with van der Waals surface area (Å²) in [5, 5.41) is 18.7. The van der Waals surface area contributed by atoms with Crippen LogP contribution in [0.5, 0.6) is 0 Å². The van der Waals surface area contributed by atoms with Crippen LogP contribution >= 0.6 is 0 Å². The minimum Gasteiger partial charge on any atom is -0.396 e. The number of nitrogens with two attached hydrogens (primary N) is 1. The molecule has 0 aromatic heterocycles. The van der Waals surface area contributed by atoms with E-state index in [9.17, 15) is 9.90 Å². The van der Waals surface area contributed by atoms with Crippen LogP contribution in [0.25, 0.3) is 0 Å². The highest BCUT2D eigenvalue weighted by molar-refractivity contribution is 5.77. The van der Waals surface area contributed by atoms with Gasteiger partial charge < -0.3 is 15.9 Å². The first kappa shape index (κ1) is 23.4. The maximum atomic E-state index is 11.2. The molecule has 4 N–H and O–H groups in total. The van der Waals surface area contributed by atoms with Crippen molar-refractivity contribution in [3.8, 4) is 0 Å². The molecule has 0 radical (unpaired) electrons. The van der Waals surface area contributed by atoms with E-state index in [0.29, 0.717) is 19.4 Å². The van der Waals surface area contributed by atoms with Gasteiger partial charge in [-0.05, 0) is 19.3 Å². The van der Waals surface area contributed by atoms with Crippen molar-refractivity contribution in [3.63, 3.8) is 0 Å². The van der Waals surface area contributed by atoms with Gasteiger partial charge in [0.15, 0.2) is 0 Å². The van der Waals surface area contributed by atoms with Gasteiger partial charge in [0, 0.05) is 6.61 Å².